The fraction of sp³-hybridized carbons (Fsp3) is 0.677. The Hall–Kier alpha value is -1.78. The van der Waals surface area contributed by atoms with Gasteiger partial charge in [-0.15, -0.1) is 0 Å². The molecule has 1 aromatic rings. The van der Waals surface area contributed by atoms with Crippen molar-refractivity contribution in [1.29, 1.82) is 0 Å². The predicted octanol–water partition coefficient (Wildman–Crippen LogP) is 10.1. The highest BCUT2D eigenvalue weighted by Crippen LogP contribution is 2.44. The maximum Gasteiger partial charge on any atom is 0.200 e. The topological polar surface area (TPSA) is 9.23 Å². The summed E-state index contributed by atoms with van der Waals surface area (Å²) in [7, 11) is 0. The van der Waals surface area contributed by atoms with Gasteiger partial charge in [-0.1, -0.05) is 38.8 Å². The van der Waals surface area contributed by atoms with E-state index >= 15 is 0 Å². The third-order valence-corrected chi connectivity index (χ3v) is 9.11. The van der Waals surface area contributed by atoms with E-state index in [0.29, 0.717) is 36.5 Å². The highest BCUT2D eigenvalue weighted by molar-refractivity contribution is 5.34. The lowest BCUT2D eigenvalue weighted by molar-refractivity contribution is 0.150. The number of hydrogen-bond donors (Lipinski definition) is 0. The van der Waals surface area contributed by atoms with Gasteiger partial charge < -0.3 is 4.74 Å². The number of hydrogen-bond acceptors (Lipinski definition) is 1. The molecule has 5 heteroatoms. The van der Waals surface area contributed by atoms with Crippen molar-refractivity contribution in [2.24, 2.45) is 23.7 Å². The van der Waals surface area contributed by atoms with Gasteiger partial charge in [0.1, 0.15) is 5.83 Å². The summed E-state index contributed by atoms with van der Waals surface area (Å²) in [6.07, 6.45) is 13.3. The molecule has 0 aliphatic heterocycles. The zero-order valence-electron chi connectivity index (χ0n) is 21.9. The molecule has 1 atom stereocenters. The molecule has 0 heterocycles. The Balaban J connectivity index is 1.27. The van der Waals surface area contributed by atoms with Crippen molar-refractivity contribution in [2.75, 3.05) is 6.61 Å². The molecule has 200 valence electrons. The smallest absolute Gasteiger partial charge is 0.200 e. The molecule has 3 aliphatic rings. The first-order valence-corrected chi connectivity index (χ1v) is 14.3. The van der Waals surface area contributed by atoms with E-state index in [-0.39, 0.29) is 29.4 Å². The van der Waals surface area contributed by atoms with E-state index in [2.05, 4.69) is 6.92 Å². The first-order chi connectivity index (χ1) is 17.4. The third kappa shape index (κ3) is 6.19. The second kappa shape index (κ2) is 12.6. The first-order valence-electron chi connectivity index (χ1n) is 14.3. The number of halogens is 4. The van der Waals surface area contributed by atoms with Crippen molar-refractivity contribution >= 4 is 0 Å². The molecule has 0 aromatic heterocycles. The normalized spacial score (nSPS) is 29.3. The summed E-state index contributed by atoms with van der Waals surface area (Å²) in [6.45, 7) is 4.56. The Morgan fingerprint density at radius 2 is 1.53 bits per heavy atom. The SMILES string of the molecule is CCCCC1=CCC(C2CCC(COc3ccc(C4CCC(CC)CC4)c(F)c3F)CC2)C(F)=C1F. The Bertz CT molecular complexity index is 936. The van der Waals surface area contributed by atoms with Gasteiger partial charge in [-0.25, -0.2) is 13.2 Å². The summed E-state index contributed by atoms with van der Waals surface area (Å²) in [5.41, 5.74) is 1.01. The van der Waals surface area contributed by atoms with Crippen molar-refractivity contribution in [3.8, 4) is 5.75 Å². The molecule has 2 saturated carbocycles. The standard InChI is InChI=1S/C31H42F4O/c1-3-5-6-24-15-16-25(29(33)28(24)32)23-13-9-21(10-14-23)19-36-27-18-17-26(30(34)31(27)35)22-11-7-20(4-2)8-12-22/h15,17-18,20-23,25H,3-14,16,19H2,1-2H3. The fourth-order valence-electron chi connectivity index (χ4n) is 6.58. The van der Waals surface area contributed by atoms with Crippen LogP contribution in [0.25, 0.3) is 0 Å². The molecule has 0 amide bonds. The molecule has 0 N–H and O–H groups in total. The van der Waals surface area contributed by atoms with Crippen molar-refractivity contribution in [3.05, 3.63) is 52.6 Å². The Labute approximate surface area is 214 Å². The van der Waals surface area contributed by atoms with Crippen molar-refractivity contribution in [2.45, 2.75) is 103 Å². The van der Waals surface area contributed by atoms with Crippen LogP contribution in [0.2, 0.25) is 0 Å². The minimum Gasteiger partial charge on any atom is -0.490 e. The summed E-state index contributed by atoms with van der Waals surface area (Å²) in [4.78, 5) is 0. The van der Waals surface area contributed by atoms with E-state index < -0.39 is 23.3 Å². The van der Waals surface area contributed by atoms with Crippen LogP contribution in [0.5, 0.6) is 5.75 Å². The van der Waals surface area contributed by atoms with Gasteiger partial charge in [0.05, 0.1) is 6.61 Å². The van der Waals surface area contributed by atoms with Crippen LogP contribution in [0.1, 0.15) is 109 Å². The molecule has 4 rings (SSSR count). The van der Waals surface area contributed by atoms with Crippen LogP contribution in [-0.4, -0.2) is 6.61 Å². The highest BCUT2D eigenvalue weighted by atomic mass is 19.2. The lowest BCUT2D eigenvalue weighted by atomic mass is 9.73. The van der Waals surface area contributed by atoms with E-state index in [1.54, 1.807) is 12.1 Å². The molecule has 0 saturated heterocycles. The molecule has 2 fully saturated rings. The summed E-state index contributed by atoms with van der Waals surface area (Å²) in [5.74, 6) is -2.11. The Morgan fingerprint density at radius 3 is 2.19 bits per heavy atom. The molecule has 1 nitrogen and oxygen atoms in total. The van der Waals surface area contributed by atoms with Crippen LogP contribution >= 0.6 is 0 Å². The van der Waals surface area contributed by atoms with Gasteiger partial charge >= 0.3 is 0 Å². The molecule has 1 unspecified atom stereocenters. The number of allylic oxidation sites excluding steroid dienone is 4. The van der Waals surface area contributed by atoms with Crippen LogP contribution in [0.15, 0.2) is 35.4 Å². The largest absolute Gasteiger partial charge is 0.490 e. The summed E-state index contributed by atoms with van der Waals surface area (Å²) < 4.78 is 64.8. The van der Waals surface area contributed by atoms with E-state index in [0.717, 1.165) is 70.6 Å². The van der Waals surface area contributed by atoms with Gasteiger partial charge in [0.25, 0.3) is 0 Å². The van der Waals surface area contributed by atoms with Gasteiger partial charge in [0.2, 0.25) is 5.82 Å². The van der Waals surface area contributed by atoms with Crippen LogP contribution in [-0.2, 0) is 0 Å². The number of ether oxygens (including phenoxy) is 1. The average Bonchev–Trinajstić information content (AvgIpc) is 2.91. The summed E-state index contributed by atoms with van der Waals surface area (Å²) in [6, 6.07) is 3.29. The van der Waals surface area contributed by atoms with Crippen LogP contribution in [0.4, 0.5) is 17.6 Å². The van der Waals surface area contributed by atoms with Gasteiger partial charge in [0.15, 0.2) is 17.4 Å². The monoisotopic (exact) mass is 506 g/mol. The van der Waals surface area contributed by atoms with E-state index in [4.69, 9.17) is 4.74 Å². The zero-order chi connectivity index (χ0) is 25.7. The van der Waals surface area contributed by atoms with E-state index in [1.165, 1.54) is 0 Å². The minimum atomic E-state index is -0.880. The fourth-order valence-corrected chi connectivity index (χ4v) is 6.58. The summed E-state index contributed by atoms with van der Waals surface area (Å²) in [5, 5.41) is 0. The van der Waals surface area contributed by atoms with Gasteiger partial charge in [0, 0.05) is 5.92 Å². The van der Waals surface area contributed by atoms with Crippen molar-refractivity contribution in [3.63, 3.8) is 0 Å². The van der Waals surface area contributed by atoms with Gasteiger partial charge in [-0.3, -0.25) is 0 Å². The van der Waals surface area contributed by atoms with Crippen molar-refractivity contribution in [1.82, 2.24) is 0 Å². The second-order valence-electron chi connectivity index (χ2n) is 11.3. The first kappa shape index (κ1) is 27.3. The quantitative estimate of drug-likeness (QED) is 0.303. The maximum absolute atomic E-state index is 14.9. The highest BCUT2D eigenvalue weighted by Gasteiger charge is 2.34. The molecule has 3 aliphatic carbocycles. The average molecular weight is 507 g/mol. The predicted molar refractivity (Wildman–Crippen MR) is 137 cm³/mol. The van der Waals surface area contributed by atoms with Crippen molar-refractivity contribution < 1.29 is 22.3 Å². The molecule has 0 radical (unpaired) electrons. The zero-order valence-corrected chi connectivity index (χ0v) is 21.9. The van der Waals surface area contributed by atoms with Crippen LogP contribution in [0.3, 0.4) is 0 Å². The third-order valence-electron chi connectivity index (χ3n) is 9.11. The number of unbranched alkanes of at least 4 members (excludes halogenated alkanes) is 1. The van der Waals surface area contributed by atoms with Gasteiger partial charge in [-0.05, 0) is 112 Å². The molecular formula is C31H42F4O. The maximum atomic E-state index is 14.9. The molecule has 0 bridgehead atoms. The summed E-state index contributed by atoms with van der Waals surface area (Å²) >= 11 is 0. The molecule has 1 aromatic carbocycles. The molecule has 0 spiro atoms. The Morgan fingerprint density at radius 1 is 0.833 bits per heavy atom. The molecule has 36 heavy (non-hydrogen) atoms. The van der Waals surface area contributed by atoms with E-state index in [1.807, 2.05) is 13.0 Å². The number of rotatable bonds is 9. The van der Waals surface area contributed by atoms with Gasteiger partial charge in [-0.2, -0.15) is 4.39 Å². The van der Waals surface area contributed by atoms with E-state index in [9.17, 15) is 17.6 Å². The lowest BCUT2D eigenvalue weighted by Gasteiger charge is -2.34. The molecular weight excluding hydrogens is 464 g/mol. The lowest BCUT2D eigenvalue weighted by Crippen LogP contribution is -2.26. The Kier molecular flexibility index (Phi) is 9.58. The second-order valence-corrected chi connectivity index (χ2v) is 11.3. The minimum absolute atomic E-state index is 0.0197. The van der Waals surface area contributed by atoms with Crippen LogP contribution in [0, 0.1) is 35.3 Å². The van der Waals surface area contributed by atoms with Crippen LogP contribution < -0.4 is 4.74 Å². The number of benzene rings is 1.